The Morgan fingerprint density at radius 1 is 1.05 bits per heavy atom. The van der Waals surface area contributed by atoms with E-state index < -0.39 is 36.4 Å². The molecule has 0 aromatic heterocycles. The number of aliphatic carboxylic acids is 1. The van der Waals surface area contributed by atoms with Crippen LogP contribution in [0.4, 0.5) is 0 Å². The molecule has 0 spiro atoms. The van der Waals surface area contributed by atoms with Crippen LogP contribution in [0.15, 0.2) is 65.7 Å². The fourth-order valence-corrected chi connectivity index (χ4v) is 6.49. The highest BCUT2D eigenvalue weighted by molar-refractivity contribution is 6.05. The first-order chi connectivity index (χ1) is 20.7. The van der Waals surface area contributed by atoms with E-state index in [0.717, 1.165) is 22.3 Å². The van der Waals surface area contributed by atoms with Gasteiger partial charge in [0.25, 0.3) is 0 Å². The van der Waals surface area contributed by atoms with Crippen molar-refractivity contribution in [2.45, 2.75) is 51.0 Å². The average molecular weight is 592 g/mol. The minimum absolute atomic E-state index is 0.0419. The van der Waals surface area contributed by atoms with Crippen LogP contribution in [-0.4, -0.2) is 76.1 Å². The molecule has 2 aromatic carbocycles. The van der Waals surface area contributed by atoms with Crippen LogP contribution in [0, 0.1) is 17.8 Å². The van der Waals surface area contributed by atoms with E-state index in [2.05, 4.69) is 0 Å². The number of benzene rings is 2. The van der Waals surface area contributed by atoms with Crippen LogP contribution < -0.4 is 0 Å². The number of likely N-dealkylation sites (tertiary alicyclic amines) is 1. The summed E-state index contributed by atoms with van der Waals surface area (Å²) in [6.45, 7) is -0.00936. The minimum Gasteiger partial charge on any atom is -0.508 e. The molecule has 230 valence electrons. The Morgan fingerprint density at radius 2 is 1.81 bits per heavy atom. The summed E-state index contributed by atoms with van der Waals surface area (Å²) in [4.78, 5) is 38.9. The van der Waals surface area contributed by atoms with Crippen LogP contribution in [0.3, 0.4) is 0 Å². The van der Waals surface area contributed by atoms with Gasteiger partial charge < -0.3 is 25.2 Å². The molecule has 2 amide bonds. The highest BCUT2D eigenvalue weighted by atomic mass is 16.5. The van der Waals surface area contributed by atoms with Crippen LogP contribution in [0.5, 0.6) is 5.75 Å². The maximum atomic E-state index is 13.5. The average Bonchev–Trinajstić information content (AvgIpc) is 3.23. The van der Waals surface area contributed by atoms with Crippen molar-refractivity contribution in [3.63, 3.8) is 0 Å². The lowest BCUT2D eigenvalue weighted by molar-refractivity contribution is -0.141. The van der Waals surface area contributed by atoms with Crippen LogP contribution >= 0.6 is 0 Å². The van der Waals surface area contributed by atoms with Gasteiger partial charge in [-0.1, -0.05) is 55.0 Å². The van der Waals surface area contributed by atoms with E-state index in [4.69, 9.17) is 9.84 Å². The van der Waals surface area contributed by atoms with Gasteiger partial charge in [-0.05, 0) is 72.1 Å². The number of nitrogens with zero attached hydrogens (tertiary/aromatic N) is 1. The number of hydrogen-bond acceptors (Lipinski definition) is 7. The number of carbonyl (C=O) groups is 3. The fraction of sp³-hybridized carbons (Fsp3) is 0.441. The fourth-order valence-electron chi connectivity index (χ4n) is 6.49. The number of aliphatic hydroxyl groups is 2. The highest BCUT2D eigenvalue weighted by Gasteiger charge is 2.54. The third-order valence-electron chi connectivity index (χ3n) is 8.46. The summed E-state index contributed by atoms with van der Waals surface area (Å²) in [5.74, 6) is -3.46. The lowest BCUT2D eigenvalue weighted by atomic mass is 9.68. The van der Waals surface area contributed by atoms with E-state index in [9.17, 15) is 29.7 Å². The number of carboxylic acids is 1. The van der Waals surface area contributed by atoms with Crippen molar-refractivity contribution in [3.8, 4) is 5.75 Å². The second kappa shape index (κ2) is 15.1. The van der Waals surface area contributed by atoms with Gasteiger partial charge >= 0.3 is 5.97 Å². The molecule has 9 nitrogen and oxygen atoms in total. The molecule has 43 heavy (non-hydrogen) atoms. The number of aliphatic hydroxyl groups excluding tert-OH is 2. The van der Waals surface area contributed by atoms with E-state index in [1.165, 1.54) is 12.0 Å². The topological polar surface area (TPSA) is 145 Å². The van der Waals surface area contributed by atoms with Crippen molar-refractivity contribution >= 4 is 29.4 Å². The van der Waals surface area contributed by atoms with Crippen LogP contribution in [0.25, 0.3) is 11.6 Å². The summed E-state index contributed by atoms with van der Waals surface area (Å²) in [6, 6.07) is 16.7. The maximum Gasteiger partial charge on any atom is 0.303 e. The summed E-state index contributed by atoms with van der Waals surface area (Å²) < 4.78 is 5.44. The van der Waals surface area contributed by atoms with Gasteiger partial charge in [-0.15, -0.1) is 0 Å². The number of imide groups is 1. The number of allylic oxidation sites excluding steroid dienone is 1. The van der Waals surface area contributed by atoms with E-state index in [-0.39, 0.29) is 43.6 Å². The van der Waals surface area contributed by atoms with Crippen LogP contribution in [0.2, 0.25) is 0 Å². The van der Waals surface area contributed by atoms with Crippen LogP contribution in [-0.2, 0) is 19.1 Å². The first-order valence-electron chi connectivity index (χ1n) is 14.9. The third kappa shape index (κ3) is 7.79. The first kappa shape index (κ1) is 32.1. The number of rotatable bonds is 15. The SMILES string of the molecule is COCC1=C([C@H](O)CC/C(=C/c2cccc(O)c2)c2ccccc2)[C@H](CO)[C@@H]2C(=O)N(CCCCCC(=O)O)C(=O)[C@@H]2C1. The van der Waals surface area contributed by atoms with E-state index in [1.54, 1.807) is 18.2 Å². The van der Waals surface area contributed by atoms with Crippen molar-refractivity contribution in [1.82, 2.24) is 4.90 Å². The molecule has 0 saturated carbocycles. The normalized spacial score (nSPS) is 21.3. The van der Waals surface area contributed by atoms with Gasteiger partial charge in [-0.3, -0.25) is 19.3 Å². The van der Waals surface area contributed by atoms with E-state index in [0.29, 0.717) is 37.7 Å². The molecule has 9 heteroatoms. The molecule has 4 atom stereocenters. The number of methoxy groups -OCH3 is 1. The molecular weight excluding hydrogens is 550 g/mol. The summed E-state index contributed by atoms with van der Waals surface area (Å²) in [6.07, 6.45) is 3.66. The number of carboxylic acid groups (broad SMARTS) is 1. The second-order valence-corrected chi connectivity index (χ2v) is 11.3. The number of amides is 2. The molecule has 1 saturated heterocycles. The van der Waals surface area contributed by atoms with Gasteiger partial charge in [0.15, 0.2) is 0 Å². The molecule has 0 bridgehead atoms. The van der Waals surface area contributed by atoms with Crippen molar-refractivity contribution in [1.29, 1.82) is 0 Å². The van der Waals surface area contributed by atoms with Crippen LogP contribution in [0.1, 0.15) is 56.1 Å². The van der Waals surface area contributed by atoms with Gasteiger partial charge in [0, 0.05) is 26.0 Å². The zero-order chi connectivity index (χ0) is 30.9. The molecular formula is C34H41NO8. The van der Waals surface area contributed by atoms with Crippen molar-refractivity contribution < 1.29 is 39.5 Å². The van der Waals surface area contributed by atoms with Gasteiger partial charge in [0.05, 0.1) is 31.2 Å². The molecule has 4 N–H and O–H groups in total. The molecule has 1 aliphatic heterocycles. The minimum atomic E-state index is -0.979. The number of phenols is 1. The predicted octanol–water partition coefficient (Wildman–Crippen LogP) is 4.28. The molecule has 4 rings (SSSR count). The number of fused-ring (bicyclic) bond motifs is 1. The molecule has 0 radical (unpaired) electrons. The van der Waals surface area contributed by atoms with Crippen molar-refractivity contribution in [3.05, 3.63) is 76.9 Å². The van der Waals surface area contributed by atoms with Gasteiger partial charge in [0.1, 0.15) is 5.75 Å². The summed E-state index contributed by atoms with van der Waals surface area (Å²) >= 11 is 0. The van der Waals surface area contributed by atoms with Gasteiger partial charge in [-0.2, -0.15) is 0 Å². The Labute approximate surface area is 252 Å². The van der Waals surface area contributed by atoms with E-state index >= 15 is 0 Å². The maximum absolute atomic E-state index is 13.5. The Balaban J connectivity index is 1.55. The molecule has 2 aromatic rings. The number of carbonyl (C=O) groups excluding carboxylic acids is 2. The Morgan fingerprint density at radius 3 is 2.49 bits per heavy atom. The first-order valence-corrected chi connectivity index (χ1v) is 14.9. The molecule has 0 unspecified atom stereocenters. The largest absolute Gasteiger partial charge is 0.508 e. The number of phenolic OH excluding ortho intramolecular Hbond substituents is 1. The van der Waals surface area contributed by atoms with Gasteiger partial charge in [-0.25, -0.2) is 0 Å². The Hall–Kier alpha value is -3.79. The monoisotopic (exact) mass is 591 g/mol. The lowest BCUT2D eigenvalue weighted by Gasteiger charge is -2.36. The Bertz CT molecular complexity index is 1350. The number of aromatic hydroxyl groups is 1. The molecule has 1 aliphatic carbocycles. The quantitative estimate of drug-likeness (QED) is 0.104. The zero-order valence-corrected chi connectivity index (χ0v) is 24.5. The summed E-state index contributed by atoms with van der Waals surface area (Å²) in [5.41, 5.74) is 4.05. The lowest BCUT2D eigenvalue weighted by Crippen LogP contribution is -2.39. The molecule has 1 heterocycles. The zero-order valence-electron chi connectivity index (χ0n) is 24.5. The second-order valence-electron chi connectivity index (χ2n) is 11.3. The molecule has 2 aliphatic rings. The van der Waals surface area contributed by atoms with Gasteiger partial charge in [0.2, 0.25) is 11.8 Å². The van der Waals surface area contributed by atoms with Crippen molar-refractivity contribution in [2.24, 2.45) is 17.8 Å². The number of unbranched alkanes of at least 4 members (excludes halogenated alkanes) is 2. The standard InChI is InChI=1S/C34H41NO8/c1-43-21-25-19-27-32(34(42)35(33(27)41)16-7-3-6-13-30(39)40)28(20-36)31(25)29(38)15-14-24(23-10-4-2-5-11-23)17-22-9-8-12-26(37)18-22/h2,4-5,8-12,17-18,27-29,32,36-38H,3,6-7,13-16,19-21H2,1H3,(H,39,40)/b24-17-/t27-,28+,29-,32-/m1/s1. The molecule has 1 fully saturated rings. The predicted molar refractivity (Wildman–Crippen MR) is 162 cm³/mol. The van der Waals surface area contributed by atoms with Crippen molar-refractivity contribution in [2.75, 3.05) is 26.9 Å². The highest BCUT2D eigenvalue weighted by Crippen LogP contribution is 2.46. The summed E-state index contributed by atoms with van der Waals surface area (Å²) in [5, 5.41) is 41.0. The number of hydrogen-bond donors (Lipinski definition) is 4. The number of ether oxygens (including phenoxy) is 1. The summed E-state index contributed by atoms with van der Waals surface area (Å²) in [7, 11) is 1.54. The smallest absolute Gasteiger partial charge is 0.303 e. The Kier molecular flexibility index (Phi) is 11.3. The third-order valence-corrected chi connectivity index (χ3v) is 8.46. The van der Waals surface area contributed by atoms with E-state index in [1.807, 2.05) is 42.5 Å².